The molecular weight excluding hydrogens is 298 g/mol. The molecule has 0 saturated carbocycles. The van der Waals surface area contributed by atoms with Gasteiger partial charge in [0.1, 0.15) is 5.60 Å². The van der Waals surface area contributed by atoms with Gasteiger partial charge in [0.2, 0.25) is 0 Å². The number of nitrogens with zero attached hydrogens (tertiary/aromatic N) is 1. The summed E-state index contributed by atoms with van der Waals surface area (Å²) in [6.45, 7) is 9.05. The number of hydrogen-bond donors (Lipinski definition) is 2. The van der Waals surface area contributed by atoms with Crippen LogP contribution in [-0.4, -0.2) is 61.5 Å². The molecule has 0 aromatic heterocycles. The van der Waals surface area contributed by atoms with Gasteiger partial charge in [-0.25, -0.2) is 9.59 Å². The van der Waals surface area contributed by atoms with Gasteiger partial charge in [0.05, 0.1) is 12.6 Å². The van der Waals surface area contributed by atoms with Crippen molar-refractivity contribution >= 4 is 12.1 Å². The van der Waals surface area contributed by atoms with E-state index in [4.69, 9.17) is 9.47 Å². The summed E-state index contributed by atoms with van der Waals surface area (Å²) >= 11 is 0. The second kappa shape index (κ2) is 8.96. The van der Waals surface area contributed by atoms with E-state index in [9.17, 15) is 9.59 Å². The van der Waals surface area contributed by atoms with Gasteiger partial charge in [0, 0.05) is 26.2 Å². The third-order valence-electron chi connectivity index (χ3n) is 3.71. The van der Waals surface area contributed by atoms with Gasteiger partial charge in [0.25, 0.3) is 0 Å². The van der Waals surface area contributed by atoms with Crippen LogP contribution < -0.4 is 10.6 Å². The molecule has 1 aliphatic rings. The molecule has 1 saturated heterocycles. The fourth-order valence-electron chi connectivity index (χ4n) is 2.68. The molecule has 0 aliphatic carbocycles. The molecule has 0 spiro atoms. The van der Waals surface area contributed by atoms with E-state index in [0.29, 0.717) is 19.7 Å². The van der Waals surface area contributed by atoms with Crippen LogP contribution >= 0.6 is 0 Å². The Labute approximate surface area is 139 Å². The lowest BCUT2D eigenvalue weighted by Gasteiger charge is -2.39. The van der Waals surface area contributed by atoms with Crippen molar-refractivity contribution in [3.63, 3.8) is 0 Å². The molecule has 1 fully saturated rings. The summed E-state index contributed by atoms with van der Waals surface area (Å²) < 4.78 is 10.2. The van der Waals surface area contributed by atoms with E-state index in [1.165, 1.54) is 0 Å². The first-order valence-electron chi connectivity index (χ1n) is 8.27. The molecule has 2 atom stereocenters. The lowest BCUT2D eigenvalue weighted by Crippen LogP contribution is -2.57. The van der Waals surface area contributed by atoms with Crippen molar-refractivity contribution in [1.82, 2.24) is 15.5 Å². The average Bonchev–Trinajstić information content (AvgIpc) is 2.45. The van der Waals surface area contributed by atoms with Gasteiger partial charge in [-0.15, -0.1) is 0 Å². The van der Waals surface area contributed by atoms with Gasteiger partial charge in [-0.2, -0.15) is 0 Å². The molecule has 1 heterocycles. The number of alkyl carbamates (subject to hydrolysis) is 1. The highest BCUT2D eigenvalue weighted by Gasteiger charge is 2.32. The standard InChI is InChI=1S/C16H31N3O4/c1-12(18-15(21)23-16(2,3)4)13-8-6-7-10-19(13)14(20)17-9-11-22-5/h12-13H,6-11H2,1-5H3,(H,17,20)(H,18,21). The Morgan fingerprint density at radius 2 is 2.00 bits per heavy atom. The Morgan fingerprint density at radius 3 is 2.61 bits per heavy atom. The third kappa shape index (κ3) is 7.07. The Kier molecular flexibility index (Phi) is 7.61. The second-order valence-corrected chi connectivity index (χ2v) is 6.92. The normalized spacial score (nSPS) is 19.9. The van der Waals surface area contributed by atoms with E-state index in [-0.39, 0.29) is 18.1 Å². The summed E-state index contributed by atoms with van der Waals surface area (Å²) in [5, 5.41) is 5.70. The molecule has 7 nitrogen and oxygen atoms in total. The molecule has 1 rings (SSSR count). The van der Waals surface area contributed by atoms with Crippen molar-refractivity contribution in [2.24, 2.45) is 0 Å². The van der Waals surface area contributed by atoms with Gasteiger partial charge >= 0.3 is 12.1 Å². The smallest absolute Gasteiger partial charge is 0.407 e. The third-order valence-corrected chi connectivity index (χ3v) is 3.71. The number of urea groups is 1. The van der Waals surface area contributed by atoms with Crippen LogP contribution in [0.3, 0.4) is 0 Å². The van der Waals surface area contributed by atoms with Crippen LogP contribution in [0.1, 0.15) is 47.0 Å². The number of amides is 3. The Bertz CT molecular complexity index is 395. The van der Waals surface area contributed by atoms with E-state index in [1.807, 2.05) is 27.7 Å². The molecule has 0 radical (unpaired) electrons. The first kappa shape index (κ1) is 19.5. The summed E-state index contributed by atoms with van der Waals surface area (Å²) in [5.41, 5.74) is -0.534. The SMILES string of the molecule is COCCNC(=O)N1CCCCC1C(C)NC(=O)OC(C)(C)C. The lowest BCUT2D eigenvalue weighted by atomic mass is 9.97. The number of ether oxygens (including phenoxy) is 2. The first-order chi connectivity index (χ1) is 10.7. The number of methoxy groups -OCH3 is 1. The fraction of sp³-hybridized carbons (Fsp3) is 0.875. The second-order valence-electron chi connectivity index (χ2n) is 6.92. The van der Waals surface area contributed by atoms with Crippen LogP contribution in [0.15, 0.2) is 0 Å². The maximum atomic E-state index is 12.3. The number of hydrogen-bond acceptors (Lipinski definition) is 4. The van der Waals surface area contributed by atoms with Crippen molar-refractivity contribution in [3.8, 4) is 0 Å². The van der Waals surface area contributed by atoms with E-state index in [0.717, 1.165) is 19.3 Å². The molecule has 134 valence electrons. The summed E-state index contributed by atoms with van der Waals surface area (Å²) in [7, 11) is 1.60. The van der Waals surface area contributed by atoms with Gasteiger partial charge in [-0.3, -0.25) is 0 Å². The van der Waals surface area contributed by atoms with Crippen LogP contribution in [0, 0.1) is 0 Å². The highest BCUT2D eigenvalue weighted by atomic mass is 16.6. The lowest BCUT2D eigenvalue weighted by molar-refractivity contribution is 0.0461. The Balaban J connectivity index is 2.58. The molecule has 23 heavy (non-hydrogen) atoms. The maximum Gasteiger partial charge on any atom is 0.407 e. The average molecular weight is 329 g/mol. The minimum atomic E-state index is -0.534. The Hall–Kier alpha value is -1.50. The molecule has 2 N–H and O–H groups in total. The molecule has 0 aromatic rings. The number of likely N-dealkylation sites (tertiary alicyclic amines) is 1. The first-order valence-corrected chi connectivity index (χ1v) is 8.27. The predicted octanol–water partition coefficient (Wildman–Crippen LogP) is 2.11. The number of piperidine rings is 1. The number of carbonyl (C=O) groups is 2. The fourth-order valence-corrected chi connectivity index (χ4v) is 2.68. The van der Waals surface area contributed by atoms with E-state index in [1.54, 1.807) is 12.0 Å². The zero-order valence-corrected chi connectivity index (χ0v) is 15.0. The molecule has 2 unspecified atom stereocenters. The highest BCUT2D eigenvalue weighted by molar-refractivity contribution is 5.75. The molecule has 0 aromatic carbocycles. The zero-order valence-electron chi connectivity index (χ0n) is 15.0. The quantitative estimate of drug-likeness (QED) is 0.757. The minimum Gasteiger partial charge on any atom is -0.444 e. The molecule has 1 aliphatic heterocycles. The summed E-state index contributed by atoms with van der Waals surface area (Å²) in [5.74, 6) is 0. The van der Waals surface area contributed by atoms with Crippen LogP contribution in [0.25, 0.3) is 0 Å². The largest absolute Gasteiger partial charge is 0.444 e. The van der Waals surface area contributed by atoms with Gasteiger partial charge < -0.3 is 25.0 Å². The van der Waals surface area contributed by atoms with Crippen LogP contribution in [-0.2, 0) is 9.47 Å². The van der Waals surface area contributed by atoms with E-state index < -0.39 is 11.7 Å². The Morgan fingerprint density at radius 1 is 1.30 bits per heavy atom. The topological polar surface area (TPSA) is 79.9 Å². The molecular formula is C16H31N3O4. The van der Waals surface area contributed by atoms with E-state index in [2.05, 4.69) is 10.6 Å². The monoisotopic (exact) mass is 329 g/mol. The summed E-state index contributed by atoms with van der Waals surface area (Å²) in [4.78, 5) is 26.1. The predicted molar refractivity (Wildman–Crippen MR) is 88.5 cm³/mol. The summed E-state index contributed by atoms with van der Waals surface area (Å²) in [6, 6.07) is -0.304. The van der Waals surface area contributed by atoms with Crippen molar-refractivity contribution in [1.29, 1.82) is 0 Å². The molecule has 3 amide bonds. The van der Waals surface area contributed by atoms with Crippen molar-refractivity contribution in [3.05, 3.63) is 0 Å². The van der Waals surface area contributed by atoms with E-state index >= 15 is 0 Å². The van der Waals surface area contributed by atoms with Crippen LogP contribution in [0.2, 0.25) is 0 Å². The molecule has 7 heteroatoms. The molecule has 0 bridgehead atoms. The van der Waals surface area contributed by atoms with Crippen LogP contribution in [0.5, 0.6) is 0 Å². The van der Waals surface area contributed by atoms with Gasteiger partial charge in [0.15, 0.2) is 0 Å². The van der Waals surface area contributed by atoms with Crippen LogP contribution in [0.4, 0.5) is 9.59 Å². The van der Waals surface area contributed by atoms with Crippen molar-refractivity contribution in [2.75, 3.05) is 26.8 Å². The number of carbonyl (C=O) groups excluding carboxylic acids is 2. The van der Waals surface area contributed by atoms with Gasteiger partial charge in [-0.05, 0) is 47.0 Å². The van der Waals surface area contributed by atoms with Crippen molar-refractivity contribution in [2.45, 2.75) is 64.6 Å². The van der Waals surface area contributed by atoms with Gasteiger partial charge in [-0.1, -0.05) is 0 Å². The zero-order chi connectivity index (χ0) is 17.5. The number of rotatable bonds is 5. The maximum absolute atomic E-state index is 12.3. The van der Waals surface area contributed by atoms with Crippen molar-refractivity contribution < 1.29 is 19.1 Å². The summed E-state index contributed by atoms with van der Waals surface area (Å²) in [6.07, 6.45) is 2.45. The minimum absolute atomic E-state index is 0.0289. The highest BCUT2D eigenvalue weighted by Crippen LogP contribution is 2.20. The number of nitrogens with one attached hydrogen (secondary N) is 2.